The fourth-order valence-electron chi connectivity index (χ4n) is 3.62. The number of piperidine rings is 1. The smallest absolute Gasteiger partial charge is 0.409 e. The summed E-state index contributed by atoms with van der Waals surface area (Å²) in [7, 11) is 3.01. The lowest BCUT2D eigenvalue weighted by molar-refractivity contribution is -0.00730. The molecule has 0 saturated carbocycles. The van der Waals surface area contributed by atoms with Crippen LogP contribution in [0.4, 0.5) is 4.79 Å². The van der Waals surface area contributed by atoms with Crippen LogP contribution in [0.25, 0.3) is 0 Å². The van der Waals surface area contributed by atoms with Crippen LogP contribution in [0.5, 0.6) is 5.75 Å². The molecule has 1 aromatic carbocycles. The van der Waals surface area contributed by atoms with Crippen LogP contribution in [0.2, 0.25) is 0 Å². The van der Waals surface area contributed by atoms with Gasteiger partial charge in [0.1, 0.15) is 11.4 Å². The van der Waals surface area contributed by atoms with Crippen molar-refractivity contribution in [2.45, 2.75) is 43.4 Å². The zero-order valence-electron chi connectivity index (χ0n) is 13.4. The standard InChI is InChI=1S/C18H21NO4/c1-22-16-5-3-4-13(10-16)8-9-18(21)11-14-6-7-15(12-18)19(14)17(20)23-2/h3-5,10,14-15,21H,6-7,11-12H2,1-2H3/t14-,15+,18?. The highest BCUT2D eigenvalue weighted by Crippen LogP contribution is 2.40. The Morgan fingerprint density at radius 3 is 2.61 bits per heavy atom. The highest BCUT2D eigenvalue weighted by molar-refractivity contribution is 5.69. The van der Waals surface area contributed by atoms with Crippen molar-refractivity contribution in [2.75, 3.05) is 14.2 Å². The molecule has 1 unspecified atom stereocenters. The van der Waals surface area contributed by atoms with E-state index in [1.807, 2.05) is 24.3 Å². The van der Waals surface area contributed by atoms with Gasteiger partial charge in [0.15, 0.2) is 0 Å². The Balaban J connectivity index is 1.77. The molecule has 0 radical (unpaired) electrons. The molecule has 3 rings (SSSR count). The normalized spacial score (nSPS) is 28.7. The van der Waals surface area contributed by atoms with E-state index in [2.05, 4.69) is 11.8 Å². The van der Waals surface area contributed by atoms with Gasteiger partial charge in [0, 0.05) is 30.5 Å². The molecular weight excluding hydrogens is 294 g/mol. The monoisotopic (exact) mass is 315 g/mol. The van der Waals surface area contributed by atoms with Crippen LogP contribution in [0.1, 0.15) is 31.2 Å². The average Bonchev–Trinajstić information content (AvgIpc) is 2.85. The zero-order valence-corrected chi connectivity index (χ0v) is 13.4. The third-order valence-electron chi connectivity index (χ3n) is 4.66. The highest BCUT2D eigenvalue weighted by Gasteiger charge is 2.49. The predicted octanol–water partition coefficient (Wildman–Crippen LogP) is 2.17. The summed E-state index contributed by atoms with van der Waals surface area (Å²) >= 11 is 0. The number of hydrogen-bond donors (Lipinski definition) is 1. The van der Waals surface area contributed by atoms with Crippen molar-refractivity contribution < 1.29 is 19.4 Å². The Hall–Kier alpha value is -2.19. The molecule has 3 atom stereocenters. The first-order chi connectivity index (χ1) is 11.0. The first-order valence-corrected chi connectivity index (χ1v) is 7.80. The maximum Gasteiger partial charge on any atom is 0.409 e. The summed E-state index contributed by atoms with van der Waals surface area (Å²) in [6.07, 6.45) is 2.41. The second kappa shape index (κ2) is 6.13. The first kappa shape index (κ1) is 15.7. The van der Waals surface area contributed by atoms with Gasteiger partial charge in [-0.3, -0.25) is 0 Å². The third-order valence-corrected chi connectivity index (χ3v) is 4.66. The van der Waals surface area contributed by atoms with Crippen molar-refractivity contribution in [3.8, 4) is 17.6 Å². The highest BCUT2D eigenvalue weighted by atomic mass is 16.5. The van der Waals surface area contributed by atoms with Crippen LogP contribution < -0.4 is 4.74 Å². The van der Waals surface area contributed by atoms with Crippen LogP contribution in [-0.4, -0.2) is 48.0 Å². The number of ether oxygens (including phenoxy) is 2. The molecule has 0 aromatic heterocycles. The van der Waals surface area contributed by atoms with Gasteiger partial charge >= 0.3 is 6.09 Å². The van der Waals surface area contributed by atoms with E-state index >= 15 is 0 Å². The largest absolute Gasteiger partial charge is 0.497 e. The van der Waals surface area contributed by atoms with Gasteiger partial charge in [0.2, 0.25) is 0 Å². The molecule has 2 aliphatic heterocycles. The van der Waals surface area contributed by atoms with Gasteiger partial charge in [-0.2, -0.15) is 0 Å². The lowest BCUT2D eigenvalue weighted by Crippen LogP contribution is -2.52. The van der Waals surface area contributed by atoms with Crippen molar-refractivity contribution >= 4 is 6.09 Å². The third kappa shape index (κ3) is 3.13. The van der Waals surface area contributed by atoms with Crippen molar-refractivity contribution in [3.63, 3.8) is 0 Å². The quantitative estimate of drug-likeness (QED) is 0.807. The molecule has 2 fully saturated rings. The van der Waals surface area contributed by atoms with Gasteiger partial charge in [0.25, 0.3) is 0 Å². The molecule has 23 heavy (non-hydrogen) atoms. The Bertz CT molecular complexity index is 646. The van der Waals surface area contributed by atoms with Gasteiger partial charge in [0.05, 0.1) is 14.2 Å². The molecule has 2 aliphatic rings. The van der Waals surface area contributed by atoms with Gasteiger partial charge < -0.3 is 19.5 Å². The summed E-state index contributed by atoms with van der Waals surface area (Å²) in [5.74, 6) is 6.80. The summed E-state index contributed by atoms with van der Waals surface area (Å²) in [5, 5.41) is 10.8. The van der Waals surface area contributed by atoms with E-state index in [0.29, 0.717) is 12.8 Å². The zero-order chi connectivity index (χ0) is 16.4. The molecule has 122 valence electrons. The van der Waals surface area contributed by atoms with Crippen molar-refractivity contribution in [1.82, 2.24) is 4.90 Å². The van der Waals surface area contributed by atoms with Crippen LogP contribution >= 0.6 is 0 Å². The number of hydrogen-bond acceptors (Lipinski definition) is 4. The molecule has 1 aromatic rings. The minimum absolute atomic E-state index is 0.00538. The van der Waals surface area contributed by atoms with E-state index in [4.69, 9.17) is 9.47 Å². The van der Waals surface area contributed by atoms with E-state index < -0.39 is 5.60 Å². The Morgan fingerprint density at radius 1 is 1.30 bits per heavy atom. The maximum absolute atomic E-state index is 11.9. The summed E-state index contributed by atoms with van der Waals surface area (Å²) in [6, 6.07) is 7.47. The summed E-state index contributed by atoms with van der Waals surface area (Å²) in [4.78, 5) is 13.6. The molecule has 2 saturated heterocycles. The number of carbonyl (C=O) groups is 1. The Morgan fingerprint density at radius 2 is 2.00 bits per heavy atom. The minimum Gasteiger partial charge on any atom is -0.497 e. The number of amides is 1. The van der Waals surface area contributed by atoms with E-state index in [9.17, 15) is 9.90 Å². The second-order valence-corrected chi connectivity index (χ2v) is 6.18. The topological polar surface area (TPSA) is 59.0 Å². The number of carbonyl (C=O) groups excluding carboxylic acids is 1. The van der Waals surface area contributed by atoms with Crippen molar-refractivity contribution in [3.05, 3.63) is 29.8 Å². The van der Waals surface area contributed by atoms with E-state index in [1.165, 1.54) is 7.11 Å². The SMILES string of the molecule is COC(=O)N1[C@@H]2CC[C@H]1CC(O)(C#Cc1cccc(OC)c1)C2. The molecule has 2 heterocycles. The molecule has 0 spiro atoms. The minimum atomic E-state index is -1.06. The number of methoxy groups -OCH3 is 2. The molecule has 5 nitrogen and oxygen atoms in total. The summed E-state index contributed by atoms with van der Waals surface area (Å²) < 4.78 is 10.0. The fraction of sp³-hybridized carbons (Fsp3) is 0.500. The number of fused-ring (bicyclic) bond motifs is 2. The maximum atomic E-state index is 11.9. The van der Waals surface area contributed by atoms with Crippen molar-refractivity contribution in [1.29, 1.82) is 0 Å². The van der Waals surface area contributed by atoms with Gasteiger partial charge in [-0.15, -0.1) is 0 Å². The summed E-state index contributed by atoms with van der Waals surface area (Å²) in [6.45, 7) is 0. The first-order valence-electron chi connectivity index (χ1n) is 7.80. The van der Waals surface area contributed by atoms with E-state index in [0.717, 1.165) is 24.2 Å². The second-order valence-electron chi connectivity index (χ2n) is 6.18. The van der Waals surface area contributed by atoms with E-state index in [1.54, 1.807) is 12.0 Å². The molecule has 1 amide bonds. The van der Waals surface area contributed by atoms with Crippen LogP contribution in [0.15, 0.2) is 24.3 Å². The van der Waals surface area contributed by atoms with Crippen LogP contribution in [-0.2, 0) is 4.74 Å². The molecule has 2 bridgehead atoms. The van der Waals surface area contributed by atoms with Gasteiger partial charge in [-0.25, -0.2) is 4.79 Å². The van der Waals surface area contributed by atoms with Gasteiger partial charge in [-0.1, -0.05) is 17.9 Å². The van der Waals surface area contributed by atoms with Crippen LogP contribution in [0.3, 0.4) is 0 Å². The summed E-state index contributed by atoms with van der Waals surface area (Å²) in [5.41, 5.74) is -0.250. The molecule has 1 N–H and O–H groups in total. The molecular formula is C18H21NO4. The van der Waals surface area contributed by atoms with E-state index in [-0.39, 0.29) is 18.2 Å². The lowest BCUT2D eigenvalue weighted by Gasteiger charge is -2.40. The van der Waals surface area contributed by atoms with Crippen LogP contribution in [0, 0.1) is 11.8 Å². The molecule has 0 aliphatic carbocycles. The Labute approximate surface area is 136 Å². The van der Waals surface area contributed by atoms with Gasteiger partial charge in [-0.05, 0) is 31.0 Å². The number of nitrogens with zero attached hydrogens (tertiary/aromatic N) is 1. The Kier molecular flexibility index (Phi) is 4.18. The van der Waals surface area contributed by atoms with Crippen molar-refractivity contribution in [2.24, 2.45) is 0 Å². The molecule has 5 heteroatoms. The fourth-order valence-corrected chi connectivity index (χ4v) is 3.62. The lowest BCUT2D eigenvalue weighted by atomic mass is 9.86. The average molecular weight is 315 g/mol. The number of rotatable bonds is 1. The predicted molar refractivity (Wildman–Crippen MR) is 85.1 cm³/mol. The number of benzene rings is 1. The number of aliphatic hydroxyl groups is 1.